The van der Waals surface area contributed by atoms with Gasteiger partial charge >= 0.3 is 0 Å². The van der Waals surface area contributed by atoms with Gasteiger partial charge in [-0.2, -0.15) is 0 Å². The minimum atomic E-state index is -0.318. The lowest BCUT2D eigenvalue weighted by Gasteiger charge is -2.29. The molecule has 1 saturated carbocycles. The van der Waals surface area contributed by atoms with Gasteiger partial charge in [0.1, 0.15) is 11.9 Å². The Bertz CT molecular complexity index is 406. The molecule has 1 aliphatic rings. The van der Waals surface area contributed by atoms with Crippen LogP contribution in [0, 0.1) is 6.92 Å². The highest BCUT2D eigenvalue weighted by Gasteiger charge is 2.25. The molecular weight excluding hydrogens is 238 g/mol. The number of nitrogens with one attached hydrogen (secondary N) is 1. The van der Waals surface area contributed by atoms with Gasteiger partial charge in [0.25, 0.3) is 0 Å². The zero-order valence-electron chi connectivity index (χ0n) is 12.0. The molecule has 1 fully saturated rings. The molecule has 0 spiro atoms. The summed E-state index contributed by atoms with van der Waals surface area (Å²) in [5, 5.41) is 13.3. The average Bonchev–Trinajstić information content (AvgIpc) is 2.41. The highest BCUT2D eigenvalue weighted by atomic mass is 16.5. The summed E-state index contributed by atoms with van der Waals surface area (Å²) in [6.45, 7) is 5.95. The lowest BCUT2D eigenvalue weighted by Crippen LogP contribution is -2.35. The number of aliphatic hydroxyl groups excluding tert-OH is 1. The molecular formula is C16H25NO2. The van der Waals surface area contributed by atoms with Crippen molar-refractivity contribution in [2.24, 2.45) is 0 Å². The fourth-order valence-corrected chi connectivity index (χ4v) is 2.60. The van der Waals surface area contributed by atoms with E-state index in [9.17, 15) is 5.11 Å². The Kier molecular flexibility index (Phi) is 5.23. The van der Waals surface area contributed by atoms with Gasteiger partial charge < -0.3 is 15.2 Å². The van der Waals surface area contributed by atoms with Crippen molar-refractivity contribution in [3.63, 3.8) is 0 Å². The minimum absolute atomic E-state index is 0.0446. The molecule has 1 aliphatic carbocycles. The Labute approximate surface area is 116 Å². The summed E-state index contributed by atoms with van der Waals surface area (Å²) in [4.78, 5) is 0. The largest absolute Gasteiger partial charge is 0.487 e. The lowest BCUT2D eigenvalue weighted by atomic mass is 9.94. The fourth-order valence-electron chi connectivity index (χ4n) is 2.60. The Morgan fingerprint density at radius 3 is 2.84 bits per heavy atom. The van der Waals surface area contributed by atoms with E-state index < -0.39 is 0 Å². The van der Waals surface area contributed by atoms with Gasteiger partial charge in [-0.1, -0.05) is 31.0 Å². The molecule has 2 unspecified atom stereocenters. The fraction of sp³-hybridized carbons (Fsp3) is 0.625. The summed E-state index contributed by atoms with van der Waals surface area (Å²) in [5.41, 5.74) is 2.42. The number of ether oxygens (including phenoxy) is 1. The van der Waals surface area contributed by atoms with Gasteiger partial charge in [-0.25, -0.2) is 0 Å². The Morgan fingerprint density at radius 2 is 2.11 bits per heavy atom. The van der Waals surface area contributed by atoms with Crippen LogP contribution >= 0.6 is 0 Å². The van der Waals surface area contributed by atoms with Crippen molar-refractivity contribution in [3.05, 3.63) is 29.3 Å². The normalized spacial score (nSPS) is 23.3. The highest BCUT2D eigenvalue weighted by Crippen LogP contribution is 2.27. The first-order valence-corrected chi connectivity index (χ1v) is 7.35. The molecule has 0 saturated heterocycles. The third kappa shape index (κ3) is 3.95. The van der Waals surface area contributed by atoms with Crippen LogP contribution in [0.15, 0.2) is 18.2 Å². The van der Waals surface area contributed by atoms with Crippen molar-refractivity contribution in [3.8, 4) is 5.75 Å². The van der Waals surface area contributed by atoms with E-state index in [0.717, 1.165) is 44.5 Å². The Balaban J connectivity index is 2.09. The molecule has 19 heavy (non-hydrogen) atoms. The molecule has 0 radical (unpaired) electrons. The van der Waals surface area contributed by atoms with Gasteiger partial charge in [-0.05, 0) is 38.8 Å². The van der Waals surface area contributed by atoms with Gasteiger partial charge in [-0.15, -0.1) is 0 Å². The standard InChI is InChI=1S/C16H25NO2/c1-3-17-11-13-10-12(2)8-9-15(13)19-16-7-5-4-6-14(16)18/h8-10,14,16-18H,3-7,11H2,1-2H3. The van der Waals surface area contributed by atoms with E-state index in [1.807, 2.05) is 6.07 Å². The van der Waals surface area contributed by atoms with Crippen LogP contribution in [-0.2, 0) is 6.54 Å². The Morgan fingerprint density at radius 1 is 1.32 bits per heavy atom. The third-order valence-electron chi connectivity index (χ3n) is 3.73. The molecule has 0 bridgehead atoms. The lowest BCUT2D eigenvalue weighted by molar-refractivity contribution is 0.00635. The van der Waals surface area contributed by atoms with Gasteiger partial charge in [-0.3, -0.25) is 0 Å². The molecule has 3 nitrogen and oxygen atoms in total. The van der Waals surface area contributed by atoms with E-state index in [4.69, 9.17) is 4.74 Å². The topological polar surface area (TPSA) is 41.5 Å². The van der Waals surface area contributed by atoms with Crippen molar-refractivity contribution >= 4 is 0 Å². The van der Waals surface area contributed by atoms with E-state index in [-0.39, 0.29) is 12.2 Å². The maximum atomic E-state index is 10.0. The van der Waals surface area contributed by atoms with Gasteiger partial charge in [0, 0.05) is 12.1 Å². The summed E-state index contributed by atoms with van der Waals surface area (Å²) in [6.07, 6.45) is 3.71. The first-order valence-electron chi connectivity index (χ1n) is 7.35. The van der Waals surface area contributed by atoms with Crippen LogP contribution in [-0.4, -0.2) is 23.9 Å². The second kappa shape index (κ2) is 6.92. The SMILES string of the molecule is CCNCc1cc(C)ccc1OC1CCCCC1O. The zero-order valence-corrected chi connectivity index (χ0v) is 12.0. The van der Waals surface area contributed by atoms with Crippen LogP contribution in [0.3, 0.4) is 0 Å². The Hall–Kier alpha value is -1.06. The van der Waals surface area contributed by atoms with E-state index >= 15 is 0 Å². The van der Waals surface area contributed by atoms with Gasteiger partial charge in [0.15, 0.2) is 0 Å². The van der Waals surface area contributed by atoms with Crippen LogP contribution in [0.2, 0.25) is 0 Å². The maximum absolute atomic E-state index is 10.0. The minimum Gasteiger partial charge on any atom is -0.487 e. The summed E-state index contributed by atoms with van der Waals surface area (Å²) >= 11 is 0. The summed E-state index contributed by atoms with van der Waals surface area (Å²) in [5.74, 6) is 0.914. The maximum Gasteiger partial charge on any atom is 0.124 e. The molecule has 0 heterocycles. The predicted molar refractivity (Wildman–Crippen MR) is 77.5 cm³/mol. The second-order valence-electron chi connectivity index (χ2n) is 5.40. The molecule has 3 heteroatoms. The van der Waals surface area contributed by atoms with E-state index in [1.165, 1.54) is 11.1 Å². The monoisotopic (exact) mass is 263 g/mol. The molecule has 2 atom stereocenters. The molecule has 0 aromatic heterocycles. The molecule has 2 N–H and O–H groups in total. The summed E-state index contributed by atoms with van der Waals surface area (Å²) in [7, 11) is 0. The molecule has 1 aromatic rings. The number of hydrogen-bond donors (Lipinski definition) is 2. The first kappa shape index (κ1) is 14.4. The van der Waals surface area contributed by atoms with Crippen LogP contribution in [0.4, 0.5) is 0 Å². The quantitative estimate of drug-likeness (QED) is 0.858. The molecule has 0 aliphatic heterocycles. The predicted octanol–water partition coefficient (Wildman–Crippen LogP) is 2.79. The number of aryl methyl sites for hydroxylation is 1. The highest BCUT2D eigenvalue weighted by molar-refractivity contribution is 5.37. The van der Waals surface area contributed by atoms with Crippen LogP contribution < -0.4 is 10.1 Å². The van der Waals surface area contributed by atoms with Crippen molar-refractivity contribution in [1.29, 1.82) is 0 Å². The van der Waals surface area contributed by atoms with Crippen molar-refractivity contribution in [2.75, 3.05) is 6.54 Å². The van der Waals surface area contributed by atoms with Crippen LogP contribution in [0.5, 0.6) is 5.75 Å². The first-order chi connectivity index (χ1) is 9.20. The summed E-state index contributed by atoms with van der Waals surface area (Å²) in [6, 6.07) is 6.26. The smallest absolute Gasteiger partial charge is 0.124 e. The van der Waals surface area contributed by atoms with E-state index in [0.29, 0.717) is 0 Å². The molecule has 106 valence electrons. The van der Waals surface area contributed by atoms with Crippen molar-refractivity contribution in [2.45, 2.75) is 58.3 Å². The number of rotatable bonds is 5. The van der Waals surface area contributed by atoms with E-state index in [2.05, 4.69) is 31.3 Å². The van der Waals surface area contributed by atoms with Gasteiger partial charge in [0.05, 0.1) is 6.10 Å². The number of hydrogen-bond acceptors (Lipinski definition) is 3. The molecule has 0 amide bonds. The number of benzene rings is 1. The van der Waals surface area contributed by atoms with Crippen molar-refractivity contribution < 1.29 is 9.84 Å². The third-order valence-corrected chi connectivity index (χ3v) is 3.73. The second-order valence-corrected chi connectivity index (χ2v) is 5.40. The van der Waals surface area contributed by atoms with Crippen LogP contribution in [0.25, 0.3) is 0 Å². The van der Waals surface area contributed by atoms with Gasteiger partial charge in [0.2, 0.25) is 0 Å². The molecule has 1 aromatic carbocycles. The zero-order chi connectivity index (χ0) is 13.7. The average molecular weight is 263 g/mol. The van der Waals surface area contributed by atoms with E-state index in [1.54, 1.807) is 0 Å². The summed E-state index contributed by atoms with van der Waals surface area (Å²) < 4.78 is 6.06. The number of aliphatic hydroxyl groups is 1. The molecule has 2 rings (SSSR count). The van der Waals surface area contributed by atoms with Crippen LogP contribution in [0.1, 0.15) is 43.7 Å². The van der Waals surface area contributed by atoms with Crippen molar-refractivity contribution in [1.82, 2.24) is 5.32 Å².